The lowest BCUT2D eigenvalue weighted by molar-refractivity contribution is -0.142. The lowest BCUT2D eigenvalue weighted by atomic mass is 9.99. The molecule has 2 heterocycles. The van der Waals surface area contributed by atoms with Crippen LogP contribution in [0.3, 0.4) is 0 Å². The Balaban J connectivity index is 1.83. The van der Waals surface area contributed by atoms with Crippen molar-refractivity contribution in [3.05, 3.63) is 36.0 Å². The molecule has 0 radical (unpaired) electrons. The first-order valence-electron chi connectivity index (χ1n) is 7.04. The van der Waals surface area contributed by atoms with E-state index in [9.17, 15) is 9.90 Å². The Hall–Kier alpha value is -1.81. The number of benzene rings is 1. The fraction of sp³-hybridized carbons (Fsp3) is 0.438. The van der Waals surface area contributed by atoms with E-state index in [-0.39, 0.29) is 11.8 Å². The predicted octanol–water partition coefficient (Wildman–Crippen LogP) is 2.33. The maximum atomic E-state index is 11.2. The quantitative estimate of drug-likeness (QED) is 0.932. The Kier molecular flexibility index (Phi) is 3.26. The molecule has 2 aromatic rings. The summed E-state index contributed by atoms with van der Waals surface area (Å²) in [6, 6.07) is 8.35. The van der Waals surface area contributed by atoms with Crippen LogP contribution in [0.2, 0.25) is 0 Å². The summed E-state index contributed by atoms with van der Waals surface area (Å²) in [5.74, 6) is -0.676. The van der Waals surface area contributed by atoms with E-state index >= 15 is 0 Å². The zero-order valence-electron chi connectivity index (χ0n) is 11.9. The van der Waals surface area contributed by atoms with Crippen LogP contribution in [0.25, 0.3) is 10.9 Å². The highest BCUT2D eigenvalue weighted by molar-refractivity contribution is 5.83. The number of nitrogens with zero attached hydrogens (tertiary/aromatic N) is 2. The van der Waals surface area contributed by atoms with Gasteiger partial charge in [0.2, 0.25) is 0 Å². The lowest BCUT2D eigenvalue weighted by Crippen LogP contribution is -2.23. The van der Waals surface area contributed by atoms with Crippen LogP contribution in [-0.2, 0) is 18.4 Å². The first-order valence-corrected chi connectivity index (χ1v) is 7.04. The Labute approximate surface area is 118 Å². The molecule has 4 nitrogen and oxygen atoms in total. The molecule has 3 rings (SSSR count). The zero-order valence-corrected chi connectivity index (χ0v) is 11.9. The van der Waals surface area contributed by atoms with E-state index in [1.165, 1.54) is 16.5 Å². The molecule has 1 aliphatic heterocycles. The van der Waals surface area contributed by atoms with Gasteiger partial charge in [-0.2, -0.15) is 0 Å². The number of rotatable bonds is 3. The van der Waals surface area contributed by atoms with Gasteiger partial charge in [-0.25, -0.2) is 0 Å². The number of likely N-dealkylation sites (tertiary alicyclic amines) is 1. The van der Waals surface area contributed by atoms with Gasteiger partial charge >= 0.3 is 5.97 Å². The van der Waals surface area contributed by atoms with Gasteiger partial charge in [-0.05, 0) is 17.5 Å². The summed E-state index contributed by atoms with van der Waals surface area (Å²) in [7, 11) is 2.05. The number of aliphatic carboxylic acids is 1. The monoisotopic (exact) mass is 272 g/mol. The second-order valence-corrected chi connectivity index (χ2v) is 5.90. The first kappa shape index (κ1) is 13.2. The van der Waals surface area contributed by atoms with Crippen LogP contribution >= 0.6 is 0 Å². The second-order valence-electron chi connectivity index (χ2n) is 5.90. The average Bonchev–Trinajstić information content (AvgIpc) is 2.92. The number of hydrogen-bond donors (Lipinski definition) is 1. The van der Waals surface area contributed by atoms with Gasteiger partial charge in [0.05, 0.1) is 5.92 Å². The van der Waals surface area contributed by atoms with Crippen molar-refractivity contribution in [3.8, 4) is 0 Å². The predicted molar refractivity (Wildman–Crippen MR) is 78.5 cm³/mol. The van der Waals surface area contributed by atoms with Crippen molar-refractivity contribution in [3.63, 3.8) is 0 Å². The van der Waals surface area contributed by atoms with Crippen LogP contribution in [0, 0.1) is 11.8 Å². The smallest absolute Gasteiger partial charge is 0.308 e. The summed E-state index contributed by atoms with van der Waals surface area (Å²) >= 11 is 0. The Bertz CT molecular complexity index is 647. The number of para-hydroxylation sites is 1. The Morgan fingerprint density at radius 3 is 2.80 bits per heavy atom. The van der Waals surface area contributed by atoms with Crippen molar-refractivity contribution in [1.82, 2.24) is 9.47 Å². The molecule has 0 unspecified atom stereocenters. The van der Waals surface area contributed by atoms with Gasteiger partial charge in [0.15, 0.2) is 0 Å². The van der Waals surface area contributed by atoms with Gasteiger partial charge in [-0.1, -0.05) is 25.1 Å². The van der Waals surface area contributed by atoms with Crippen molar-refractivity contribution < 1.29 is 9.90 Å². The summed E-state index contributed by atoms with van der Waals surface area (Å²) < 4.78 is 2.14. The third kappa shape index (κ3) is 2.20. The van der Waals surface area contributed by atoms with E-state index in [0.717, 1.165) is 13.1 Å². The molecule has 1 N–H and O–H groups in total. The number of hydrogen-bond acceptors (Lipinski definition) is 2. The molecule has 1 aromatic heterocycles. The highest BCUT2D eigenvalue weighted by Crippen LogP contribution is 2.27. The van der Waals surface area contributed by atoms with Crippen LogP contribution in [-0.4, -0.2) is 33.6 Å². The summed E-state index contributed by atoms with van der Waals surface area (Å²) in [6.07, 6.45) is 2.16. The van der Waals surface area contributed by atoms with Crippen molar-refractivity contribution in [2.24, 2.45) is 18.9 Å². The highest BCUT2D eigenvalue weighted by Gasteiger charge is 2.34. The van der Waals surface area contributed by atoms with Crippen LogP contribution in [0.1, 0.15) is 12.5 Å². The zero-order chi connectivity index (χ0) is 14.3. The summed E-state index contributed by atoms with van der Waals surface area (Å²) in [5, 5.41) is 10.5. The Morgan fingerprint density at radius 1 is 1.35 bits per heavy atom. The molecule has 1 aliphatic rings. The fourth-order valence-corrected chi connectivity index (χ4v) is 3.31. The molecule has 0 saturated carbocycles. The van der Waals surface area contributed by atoms with Gasteiger partial charge in [0, 0.05) is 43.8 Å². The normalized spacial score (nSPS) is 23.5. The summed E-state index contributed by atoms with van der Waals surface area (Å²) in [4.78, 5) is 13.5. The van der Waals surface area contributed by atoms with Gasteiger partial charge < -0.3 is 9.67 Å². The minimum Gasteiger partial charge on any atom is -0.481 e. The van der Waals surface area contributed by atoms with Crippen LogP contribution in [0.4, 0.5) is 0 Å². The number of carboxylic acids is 1. The molecule has 0 amide bonds. The molecule has 0 bridgehead atoms. The SMILES string of the molecule is C[C@@H]1CN(Cc2cn(C)c3ccccc23)C[C@H]1C(=O)O. The van der Waals surface area contributed by atoms with E-state index in [1.807, 2.05) is 13.0 Å². The molecule has 1 saturated heterocycles. The molecular formula is C16H20N2O2. The molecular weight excluding hydrogens is 252 g/mol. The maximum absolute atomic E-state index is 11.2. The van der Waals surface area contributed by atoms with Crippen molar-refractivity contribution >= 4 is 16.9 Å². The molecule has 1 fully saturated rings. The van der Waals surface area contributed by atoms with Gasteiger partial charge in [-0.15, -0.1) is 0 Å². The van der Waals surface area contributed by atoms with Crippen molar-refractivity contribution in [2.75, 3.05) is 13.1 Å². The van der Waals surface area contributed by atoms with E-state index < -0.39 is 5.97 Å². The summed E-state index contributed by atoms with van der Waals surface area (Å²) in [5.41, 5.74) is 2.51. The number of fused-ring (bicyclic) bond motifs is 1. The second kappa shape index (κ2) is 4.94. The van der Waals surface area contributed by atoms with Crippen LogP contribution < -0.4 is 0 Å². The third-order valence-corrected chi connectivity index (χ3v) is 4.38. The van der Waals surface area contributed by atoms with Crippen molar-refractivity contribution in [1.29, 1.82) is 0 Å². The largest absolute Gasteiger partial charge is 0.481 e. The minimum absolute atomic E-state index is 0.225. The number of aromatic nitrogens is 1. The molecule has 2 atom stereocenters. The van der Waals surface area contributed by atoms with E-state index in [0.29, 0.717) is 6.54 Å². The topological polar surface area (TPSA) is 45.5 Å². The van der Waals surface area contributed by atoms with Crippen molar-refractivity contribution in [2.45, 2.75) is 13.5 Å². The van der Waals surface area contributed by atoms with E-state index in [2.05, 4.69) is 40.9 Å². The molecule has 20 heavy (non-hydrogen) atoms. The van der Waals surface area contributed by atoms with Gasteiger partial charge in [-0.3, -0.25) is 9.69 Å². The fourth-order valence-electron chi connectivity index (χ4n) is 3.31. The van der Waals surface area contributed by atoms with Gasteiger partial charge in [0.1, 0.15) is 0 Å². The molecule has 4 heteroatoms. The Morgan fingerprint density at radius 2 is 2.10 bits per heavy atom. The first-order chi connectivity index (χ1) is 9.56. The number of aryl methyl sites for hydroxylation is 1. The maximum Gasteiger partial charge on any atom is 0.308 e. The van der Waals surface area contributed by atoms with Gasteiger partial charge in [0.25, 0.3) is 0 Å². The number of carbonyl (C=O) groups is 1. The molecule has 106 valence electrons. The minimum atomic E-state index is -0.669. The summed E-state index contributed by atoms with van der Waals surface area (Å²) in [6.45, 7) is 4.37. The molecule has 1 aromatic carbocycles. The third-order valence-electron chi connectivity index (χ3n) is 4.38. The van der Waals surface area contributed by atoms with E-state index in [1.54, 1.807) is 0 Å². The van der Waals surface area contributed by atoms with E-state index in [4.69, 9.17) is 0 Å². The number of carboxylic acid groups (broad SMARTS) is 1. The molecule has 0 spiro atoms. The highest BCUT2D eigenvalue weighted by atomic mass is 16.4. The molecule has 0 aliphatic carbocycles. The standard InChI is InChI=1S/C16H20N2O2/c1-11-7-18(10-14(11)16(19)20)9-12-8-17(2)15-6-4-3-5-13(12)15/h3-6,8,11,14H,7,9-10H2,1-2H3,(H,19,20)/t11-,14-/m1/s1. The average molecular weight is 272 g/mol. The van der Waals surface area contributed by atoms with Crippen LogP contribution in [0.5, 0.6) is 0 Å². The lowest BCUT2D eigenvalue weighted by Gasteiger charge is -2.14. The van der Waals surface area contributed by atoms with Crippen LogP contribution in [0.15, 0.2) is 30.5 Å².